The number of carbonyl (C=O) groups excluding carboxylic acids is 1. The molecule has 9 heavy (non-hydrogen) atoms. The van der Waals surface area contributed by atoms with Crippen molar-refractivity contribution in [3.05, 3.63) is 0 Å². The number of hydrogen-bond acceptors (Lipinski definition) is 4. The number of carbonyl (C=O) groups is 1. The van der Waals surface area contributed by atoms with E-state index in [2.05, 4.69) is 9.62 Å². The van der Waals surface area contributed by atoms with Crippen LogP contribution in [0.15, 0.2) is 0 Å². The normalized spacial score (nSPS) is 11.1. The lowest BCUT2D eigenvalue weighted by molar-refractivity contribution is -0.307. The minimum absolute atomic E-state index is 0.606. The van der Waals surface area contributed by atoms with E-state index in [1.807, 2.05) is 0 Å². The van der Waals surface area contributed by atoms with Gasteiger partial charge in [-0.15, -0.1) is 0 Å². The van der Waals surface area contributed by atoms with E-state index < -0.39 is 11.6 Å². The summed E-state index contributed by atoms with van der Waals surface area (Å²) in [5.41, 5.74) is -1.26. The van der Waals surface area contributed by atoms with Gasteiger partial charge >= 0.3 is 5.97 Å². The molecule has 4 nitrogen and oxygen atoms in total. The maximum Gasteiger partial charge on any atom is 0.340 e. The third-order valence-corrected chi connectivity index (χ3v) is 0.905. The van der Waals surface area contributed by atoms with E-state index in [-0.39, 0.29) is 0 Å². The fourth-order valence-corrected chi connectivity index (χ4v) is 0.283. The summed E-state index contributed by atoms with van der Waals surface area (Å²) >= 11 is 0. The molecule has 0 aromatic rings. The zero-order valence-corrected chi connectivity index (χ0v) is 5.67. The Labute approximate surface area is 53.3 Å². The van der Waals surface area contributed by atoms with Crippen molar-refractivity contribution in [1.29, 1.82) is 0 Å². The van der Waals surface area contributed by atoms with E-state index in [4.69, 9.17) is 5.26 Å². The van der Waals surface area contributed by atoms with Crippen LogP contribution in [0.2, 0.25) is 0 Å². The van der Waals surface area contributed by atoms with Gasteiger partial charge in [0, 0.05) is 0 Å². The average molecular weight is 134 g/mol. The second-order valence-electron chi connectivity index (χ2n) is 2.09. The highest BCUT2D eigenvalue weighted by Gasteiger charge is 2.29. The second kappa shape index (κ2) is 2.80. The van der Waals surface area contributed by atoms with Crippen molar-refractivity contribution in [1.82, 2.24) is 0 Å². The van der Waals surface area contributed by atoms with Crippen LogP contribution in [-0.4, -0.2) is 23.9 Å². The molecule has 0 aliphatic carbocycles. The van der Waals surface area contributed by atoms with Crippen molar-refractivity contribution in [2.24, 2.45) is 0 Å². The van der Waals surface area contributed by atoms with Crippen LogP contribution < -0.4 is 0 Å². The fraction of sp³-hybridized carbons (Fsp3) is 0.800. The lowest BCUT2D eigenvalue weighted by Gasteiger charge is -2.15. The molecular weight excluding hydrogens is 124 g/mol. The van der Waals surface area contributed by atoms with Crippen molar-refractivity contribution in [3.63, 3.8) is 0 Å². The molecule has 4 heteroatoms. The summed E-state index contributed by atoms with van der Waals surface area (Å²) in [5, 5.41) is 8.09. The molecule has 0 unspecified atom stereocenters. The maximum atomic E-state index is 10.6. The molecule has 0 rings (SSSR count). The van der Waals surface area contributed by atoms with Crippen molar-refractivity contribution in [2.45, 2.75) is 19.4 Å². The first-order valence-electron chi connectivity index (χ1n) is 2.45. The summed E-state index contributed by atoms with van der Waals surface area (Å²) in [6.07, 6.45) is 0. The van der Waals surface area contributed by atoms with Crippen LogP contribution in [-0.2, 0) is 14.4 Å². The van der Waals surface area contributed by atoms with Gasteiger partial charge in [-0.3, -0.25) is 5.26 Å². The SMILES string of the molecule is COC(=O)C(C)(C)OO. The van der Waals surface area contributed by atoms with Crippen molar-refractivity contribution in [2.75, 3.05) is 7.11 Å². The maximum absolute atomic E-state index is 10.6. The smallest absolute Gasteiger partial charge is 0.340 e. The van der Waals surface area contributed by atoms with Gasteiger partial charge in [-0.25, -0.2) is 9.68 Å². The molecule has 0 saturated carbocycles. The first-order valence-corrected chi connectivity index (χ1v) is 2.45. The third-order valence-electron chi connectivity index (χ3n) is 0.905. The van der Waals surface area contributed by atoms with Gasteiger partial charge in [0.25, 0.3) is 0 Å². The Hall–Kier alpha value is -0.610. The topological polar surface area (TPSA) is 55.8 Å². The molecule has 0 aliphatic rings. The Kier molecular flexibility index (Phi) is 2.61. The standard InChI is InChI=1S/C5H10O4/c1-5(2,9-7)4(6)8-3/h7H,1-3H3. The number of esters is 1. The van der Waals surface area contributed by atoms with E-state index >= 15 is 0 Å². The Balaban J connectivity index is 3.97. The van der Waals surface area contributed by atoms with Gasteiger partial charge in [0.15, 0.2) is 5.60 Å². The zero-order valence-electron chi connectivity index (χ0n) is 5.67. The largest absolute Gasteiger partial charge is 0.467 e. The molecule has 0 heterocycles. The molecule has 0 atom stereocenters. The first kappa shape index (κ1) is 8.39. The Morgan fingerprint density at radius 3 is 2.11 bits per heavy atom. The van der Waals surface area contributed by atoms with Gasteiger partial charge in [0.1, 0.15) is 0 Å². The van der Waals surface area contributed by atoms with E-state index in [0.717, 1.165) is 0 Å². The van der Waals surface area contributed by atoms with Crippen LogP contribution in [0, 0.1) is 0 Å². The molecule has 0 radical (unpaired) electrons. The summed E-state index contributed by atoms with van der Waals surface area (Å²) in [4.78, 5) is 14.4. The molecule has 0 aromatic carbocycles. The Morgan fingerprint density at radius 2 is 2.00 bits per heavy atom. The lowest BCUT2D eigenvalue weighted by atomic mass is 10.1. The van der Waals surface area contributed by atoms with Crippen LogP contribution in [0.1, 0.15) is 13.8 Å². The summed E-state index contributed by atoms with van der Waals surface area (Å²) in [7, 11) is 1.23. The highest BCUT2D eigenvalue weighted by atomic mass is 17.1. The van der Waals surface area contributed by atoms with Crippen LogP contribution in [0.25, 0.3) is 0 Å². The average Bonchev–Trinajstić information content (AvgIpc) is 1.86. The molecule has 0 aromatic heterocycles. The molecule has 0 saturated heterocycles. The lowest BCUT2D eigenvalue weighted by Crippen LogP contribution is -2.34. The van der Waals surface area contributed by atoms with E-state index in [1.54, 1.807) is 0 Å². The fourth-order valence-electron chi connectivity index (χ4n) is 0.283. The Morgan fingerprint density at radius 1 is 1.56 bits per heavy atom. The van der Waals surface area contributed by atoms with Gasteiger partial charge in [-0.1, -0.05) is 0 Å². The predicted molar refractivity (Wildman–Crippen MR) is 29.8 cm³/mol. The molecule has 0 amide bonds. The Bertz CT molecular complexity index is 108. The summed E-state index contributed by atoms with van der Waals surface area (Å²) in [6, 6.07) is 0. The van der Waals surface area contributed by atoms with Crippen molar-refractivity contribution < 1.29 is 19.7 Å². The van der Waals surface area contributed by atoms with Crippen molar-refractivity contribution >= 4 is 5.97 Å². The van der Waals surface area contributed by atoms with Gasteiger partial charge in [0.2, 0.25) is 0 Å². The number of hydrogen-bond donors (Lipinski definition) is 1. The molecule has 0 bridgehead atoms. The molecular formula is C5H10O4. The summed E-state index contributed by atoms with van der Waals surface area (Å²) in [5.74, 6) is -0.606. The molecule has 0 aliphatic heterocycles. The molecule has 54 valence electrons. The highest BCUT2D eigenvalue weighted by molar-refractivity contribution is 5.78. The second-order valence-corrected chi connectivity index (χ2v) is 2.09. The quantitative estimate of drug-likeness (QED) is 0.338. The van der Waals surface area contributed by atoms with E-state index in [0.29, 0.717) is 0 Å². The number of ether oxygens (including phenoxy) is 1. The van der Waals surface area contributed by atoms with Crippen molar-refractivity contribution in [3.8, 4) is 0 Å². The predicted octanol–water partition coefficient (Wildman–Crippen LogP) is 0.428. The zero-order chi connectivity index (χ0) is 7.49. The van der Waals surface area contributed by atoms with E-state index in [9.17, 15) is 4.79 Å². The van der Waals surface area contributed by atoms with Crippen LogP contribution >= 0.6 is 0 Å². The van der Waals surface area contributed by atoms with E-state index in [1.165, 1.54) is 21.0 Å². The van der Waals surface area contributed by atoms with Gasteiger partial charge in [-0.05, 0) is 13.8 Å². The minimum atomic E-state index is -1.26. The van der Waals surface area contributed by atoms with Gasteiger partial charge in [0.05, 0.1) is 7.11 Å². The highest BCUT2D eigenvalue weighted by Crippen LogP contribution is 2.07. The monoisotopic (exact) mass is 134 g/mol. The van der Waals surface area contributed by atoms with Crippen LogP contribution in [0.3, 0.4) is 0 Å². The summed E-state index contributed by atoms with van der Waals surface area (Å²) < 4.78 is 4.28. The van der Waals surface area contributed by atoms with Gasteiger partial charge < -0.3 is 4.74 Å². The molecule has 1 N–H and O–H groups in total. The van der Waals surface area contributed by atoms with Crippen LogP contribution in [0.4, 0.5) is 0 Å². The molecule has 0 spiro atoms. The van der Waals surface area contributed by atoms with Gasteiger partial charge in [-0.2, -0.15) is 0 Å². The third kappa shape index (κ3) is 1.99. The number of rotatable bonds is 2. The van der Waals surface area contributed by atoms with Crippen LogP contribution in [0.5, 0.6) is 0 Å². The minimum Gasteiger partial charge on any atom is -0.467 e. The first-order chi connectivity index (χ1) is 4.04. The number of methoxy groups -OCH3 is 1. The summed E-state index contributed by atoms with van der Waals surface area (Å²) in [6.45, 7) is 2.80. The molecule has 0 fully saturated rings.